The molecule has 150 valence electrons. The van der Waals surface area contributed by atoms with Crippen LogP contribution < -0.4 is 4.90 Å². The summed E-state index contributed by atoms with van der Waals surface area (Å²) in [6, 6.07) is 5.39. The van der Waals surface area contributed by atoms with Gasteiger partial charge in [-0.15, -0.1) is 0 Å². The second kappa shape index (κ2) is 7.94. The van der Waals surface area contributed by atoms with Crippen LogP contribution in [0.5, 0.6) is 0 Å². The van der Waals surface area contributed by atoms with Gasteiger partial charge in [-0.1, -0.05) is 0 Å². The molecule has 9 heteroatoms. The van der Waals surface area contributed by atoms with E-state index in [0.717, 1.165) is 16.9 Å². The average molecular weight is 396 g/mol. The Morgan fingerprint density at radius 3 is 2.48 bits per heavy atom. The molecule has 1 fully saturated rings. The molecule has 1 amide bonds. The molecule has 0 aliphatic carbocycles. The predicted octanol–water partition coefficient (Wildman–Crippen LogP) is 1.81. The van der Waals surface area contributed by atoms with Crippen molar-refractivity contribution in [2.75, 3.05) is 31.1 Å². The summed E-state index contributed by atoms with van der Waals surface area (Å²) < 4.78 is 14.7. The largest absolute Gasteiger partial charge is 0.352 e. The lowest BCUT2D eigenvalue weighted by Gasteiger charge is -2.35. The number of anilines is 1. The first-order chi connectivity index (χ1) is 14.0. The van der Waals surface area contributed by atoms with Crippen molar-refractivity contribution in [3.05, 3.63) is 48.2 Å². The maximum absolute atomic E-state index is 13.0. The van der Waals surface area contributed by atoms with E-state index in [-0.39, 0.29) is 30.3 Å². The number of hydrogen-bond donors (Lipinski definition) is 0. The maximum atomic E-state index is 13.0. The zero-order chi connectivity index (χ0) is 20.4. The molecule has 8 nitrogen and oxygen atoms in total. The van der Waals surface area contributed by atoms with Crippen LogP contribution in [-0.4, -0.2) is 62.5 Å². The number of piperazine rings is 1. The van der Waals surface area contributed by atoms with E-state index in [1.807, 2.05) is 7.05 Å². The highest BCUT2D eigenvalue weighted by Gasteiger charge is 2.24. The third kappa shape index (κ3) is 3.94. The third-order valence-electron chi connectivity index (χ3n) is 5.17. The molecular weight excluding hydrogens is 375 g/mol. The van der Waals surface area contributed by atoms with E-state index in [2.05, 4.69) is 20.0 Å². The minimum absolute atomic E-state index is 0.0469. The standard InChI is InChI=1S/C20H21FN6O2/c1-25-19-16(12-24-25)20(23-13-22-19)27-10-8-26(9-11-27)18(29)7-6-17(28)14-2-4-15(21)5-3-14/h2-5,12-13H,6-11H2,1H3. The van der Waals surface area contributed by atoms with Crippen molar-refractivity contribution in [2.45, 2.75) is 12.8 Å². The van der Waals surface area contributed by atoms with E-state index < -0.39 is 0 Å². The molecular formula is C20H21FN6O2. The fourth-order valence-corrected chi connectivity index (χ4v) is 3.53. The summed E-state index contributed by atoms with van der Waals surface area (Å²) in [6.07, 6.45) is 3.55. The zero-order valence-corrected chi connectivity index (χ0v) is 16.1. The minimum Gasteiger partial charge on any atom is -0.352 e. The number of nitrogens with zero attached hydrogens (tertiary/aromatic N) is 6. The van der Waals surface area contributed by atoms with Gasteiger partial charge in [0.2, 0.25) is 5.91 Å². The van der Waals surface area contributed by atoms with Crippen LogP contribution in [0, 0.1) is 5.82 Å². The lowest BCUT2D eigenvalue weighted by molar-refractivity contribution is -0.131. The van der Waals surface area contributed by atoms with Gasteiger partial charge in [0.15, 0.2) is 11.4 Å². The Morgan fingerprint density at radius 2 is 1.76 bits per heavy atom. The van der Waals surface area contributed by atoms with Crippen molar-refractivity contribution in [3.63, 3.8) is 0 Å². The molecule has 3 aromatic rings. The number of rotatable bonds is 5. The van der Waals surface area contributed by atoms with Gasteiger partial charge >= 0.3 is 0 Å². The number of amides is 1. The Hall–Kier alpha value is -3.36. The molecule has 2 aromatic heterocycles. The van der Waals surface area contributed by atoms with Gasteiger partial charge in [0.25, 0.3) is 0 Å². The van der Waals surface area contributed by atoms with E-state index in [9.17, 15) is 14.0 Å². The lowest BCUT2D eigenvalue weighted by atomic mass is 10.1. The molecule has 0 atom stereocenters. The molecule has 0 bridgehead atoms. The van der Waals surface area contributed by atoms with Crippen molar-refractivity contribution < 1.29 is 14.0 Å². The van der Waals surface area contributed by atoms with Crippen LogP contribution in [0.3, 0.4) is 0 Å². The van der Waals surface area contributed by atoms with E-state index in [1.54, 1.807) is 15.8 Å². The Morgan fingerprint density at radius 1 is 1.03 bits per heavy atom. The topological polar surface area (TPSA) is 84.2 Å². The Balaban J connectivity index is 1.32. The molecule has 4 rings (SSSR count). The Labute approximate surface area is 167 Å². The van der Waals surface area contributed by atoms with Crippen LogP contribution in [0.4, 0.5) is 10.2 Å². The number of aryl methyl sites for hydroxylation is 1. The number of aromatic nitrogens is 4. The lowest BCUT2D eigenvalue weighted by Crippen LogP contribution is -2.49. The summed E-state index contributed by atoms with van der Waals surface area (Å²) in [5, 5.41) is 5.12. The molecule has 0 spiro atoms. The average Bonchev–Trinajstić information content (AvgIpc) is 3.13. The smallest absolute Gasteiger partial charge is 0.223 e. The third-order valence-corrected chi connectivity index (χ3v) is 5.17. The van der Waals surface area contributed by atoms with Crippen molar-refractivity contribution in [1.82, 2.24) is 24.6 Å². The molecule has 0 radical (unpaired) electrons. The van der Waals surface area contributed by atoms with Gasteiger partial charge in [-0.25, -0.2) is 14.4 Å². The first-order valence-corrected chi connectivity index (χ1v) is 9.47. The predicted molar refractivity (Wildman–Crippen MR) is 105 cm³/mol. The van der Waals surface area contributed by atoms with Gasteiger partial charge in [-0.3, -0.25) is 14.3 Å². The van der Waals surface area contributed by atoms with Gasteiger partial charge in [0.05, 0.1) is 11.6 Å². The SMILES string of the molecule is Cn1ncc2c(N3CCN(C(=O)CCC(=O)c4ccc(F)cc4)CC3)ncnc21. The number of benzene rings is 1. The Kier molecular flexibility index (Phi) is 5.20. The second-order valence-electron chi connectivity index (χ2n) is 7.00. The molecule has 1 aliphatic rings. The van der Waals surface area contributed by atoms with Crippen LogP contribution in [0.25, 0.3) is 11.0 Å². The number of hydrogen-bond acceptors (Lipinski definition) is 6. The maximum Gasteiger partial charge on any atom is 0.223 e. The number of fused-ring (bicyclic) bond motifs is 1. The fraction of sp³-hybridized carbons (Fsp3) is 0.350. The second-order valence-corrected chi connectivity index (χ2v) is 7.00. The Bertz CT molecular complexity index is 1040. The van der Waals surface area contributed by atoms with Gasteiger partial charge in [0, 0.05) is 51.6 Å². The summed E-state index contributed by atoms with van der Waals surface area (Å²) in [5.74, 6) is 0.232. The summed E-state index contributed by atoms with van der Waals surface area (Å²) in [7, 11) is 1.84. The molecule has 1 saturated heterocycles. The first kappa shape index (κ1) is 19.0. The number of carbonyl (C=O) groups is 2. The normalized spacial score (nSPS) is 14.4. The van der Waals surface area contributed by atoms with E-state index in [1.165, 1.54) is 30.6 Å². The van der Waals surface area contributed by atoms with Crippen LogP contribution in [0.15, 0.2) is 36.8 Å². The summed E-state index contributed by atoms with van der Waals surface area (Å²) in [6.45, 7) is 2.43. The van der Waals surface area contributed by atoms with Gasteiger partial charge in [-0.05, 0) is 24.3 Å². The summed E-state index contributed by atoms with van der Waals surface area (Å²) in [4.78, 5) is 37.2. The molecule has 1 aliphatic heterocycles. The summed E-state index contributed by atoms with van der Waals surface area (Å²) in [5.41, 5.74) is 1.20. The highest BCUT2D eigenvalue weighted by atomic mass is 19.1. The van der Waals surface area contributed by atoms with E-state index in [4.69, 9.17) is 0 Å². The zero-order valence-electron chi connectivity index (χ0n) is 16.1. The molecule has 29 heavy (non-hydrogen) atoms. The number of Topliss-reactive ketones (excluding diaryl/α,β-unsaturated/α-hetero) is 1. The van der Waals surface area contributed by atoms with Crippen molar-refractivity contribution >= 4 is 28.5 Å². The number of ketones is 1. The van der Waals surface area contributed by atoms with Crippen molar-refractivity contribution in [3.8, 4) is 0 Å². The van der Waals surface area contributed by atoms with Gasteiger partial charge < -0.3 is 9.80 Å². The molecule has 1 aromatic carbocycles. The highest BCUT2D eigenvalue weighted by molar-refractivity contribution is 5.98. The number of halogens is 1. The first-order valence-electron chi connectivity index (χ1n) is 9.47. The number of carbonyl (C=O) groups excluding carboxylic acids is 2. The van der Waals surface area contributed by atoms with Crippen LogP contribution >= 0.6 is 0 Å². The molecule has 0 unspecified atom stereocenters. The van der Waals surface area contributed by atoms with Gasteiger partial charge in [0.1, 0.15) is 18.0 Å². The monoisotopic (exact) mass is 396 g/mol. The van der Waals surface area contributed by atoms with E-state index >= 15 is 0 Å². The summed E-state index contributed by atoms with van der Waals surface area (Å²) >= 11 is 0. The van der Waals surface area contributed by atoms with Crippen LogP contribution in [0.1, 0.15) is 23.2 Å². The fourth-order valence-electron chi connectivity index (χ4n) is 3.53. The minimum atomic E-state index is -0.386. The highest BCUT2D eigenvalue weighted by Crippen LogP contribution is 2.23. The van der Waals surface area contributed by atoms with Gasteiger partial charge in [-0.2, -0.15) is 5.10 Å². The molecule has 0 N–H and O–H groups in total. The van der Waals surface area contributed by atoms with E-state index in [0.29, 0.717) is 31.7 Å². The van der Waals surface area contributed by atoms with Crippen LogP contribution in [0.2, 0.25) is 0 Å². The molecule has 0 saturated carbocycles. The quantitative estimate of drug-likeness (QED) is 0.612. The van der Waals surface area contributed by atoms with Crippen LogP contribution in [-0.2, 0) is 11.8 Å². The van der Waals surface area contributed by atoms with Crippen molar-refractivity contribution in [2.24, 2.45) is 7.05 Å². The van der Waals surface area contributed by atoms with Crippen molar-refractivity contribution in [1.29, 1.82) is 0 Å². The molecule has 3 heterocycles.